The number of benzene rings is 1. The number of hydrogen-bond acceptors (Lipinski definition) is 10. The van der Waals surface area contributed by atoms with Crippen LogP contribution in [0.3, 0.4) is 0 Å². The summed E-state index contributed by atoms with van der Waals surface area (Å²) in [5, 5.41) is 15.0. The molecule has 35 heavy (non-hydrogen) atoms. The molecule has 0 radical (unpaired) electrons. The molecule has 0 bridgehead atoms. The van der Waals surface area contributed by atoms with Crippen molar-refractivity contribution in [2.75, 3.05) is 18.5 Å². The van der Waals surface area contributed by atoms with Gasteiger partial charge in [-0.3, -0.25) is 13.9 Å². The van der Waals surface area contributed by atoms with Gasteiger partial charge < -0.3 is 24.4 Å². The van der Waals surface area contributed by atoms with E-state index in [0.717, 1.165) is 12.8 Å². The fourth-order valence-corrected chi connectivity index (χ4v) is 4.91. The van der Waals surface area contributed by atoms with E-state index in [1.165, 1.54) is 13.3 Å². The van der Waals surface area contributed by atoms with E-state index in [9.17, 15) is 14.5 Å². The van der Waals surface area contributed by atoms with Crippen LogP contribution in [0, 0.1) is 0 Å². The van der Waals surface area contributed by atoms with Crippen molar-refractivity contribution in [1.82, 2.24) is 24.6 Å². The maximum Gasteiger partial charge on any atom is 0.459 e. The zero-order valence-corrected chi connectivity index (χ0v) is 19.7. The van der Waals surface area contributed by atoms with Crippen molar-refractivity contribution in [3.8, 4) is 5.75 Å². The molecule has 186 valence electrons. The normalized spacial score (nSPS) is 22.5. The lowest BCUT2D eigenvalue weighted by Crippen LogP contribution is -2.34. The second kappa shape index (κ2) is 9.88. The molecule has 2 aromatic heterocycles. The van der Waals surface area contributed by atoms with Gasteiger partial charge in [0.2, 0.25) is 0 Å². The van der Waals surface area contributed by atoms with E-state index < -0.39 is 32.3 Å². The van der Waals surface area contributed by atoms with E-state index in [4.69, 9.17) is 18.5 Å². The topological polar surface area (TPSA) is 159 Å². The van der Waals surface area contributed by atoms with Gasteiger partial charge >= 0.3 is 13.7 Å². The third-order valence-electron chi connectivity index (χ3n) is 5.39. The van der Waals surface area contributed by atoms with Gasteiger partial charge in [-0.2, -0.15) is 5.09 Å². The standard InChI is InChI=1S/C21H25N6O7P/c1-13(21(28)29)26-35(30,34-15-5-3-2-4-6-15)32-10-17-31-9-16(33-17)27-12-24-18-19(25-14-7-8-14)22-11-23-20(18)27/h2-6,11-14,16-17H,7-10H2,1H3,(H,26,30)(H,28,29)(H,22,23,25)/t13-,16+,17+,35?/m0/s1. The highest BCUT2D eigenvalue weighted by atomic mass is 31.2. The number of rotatable bonds is 11. The molecule has 13 nitrogen and oxygen atoms in total. The van der Waals surface area contributed by atoms with Crippen molar-refractivity contribution in [2.24, 2.45) is 0 Å². The number of carboxylic acid groups (broad SMARTS) is 1. The molecule has 1 aliphatic heterocycles. The van der Waals surface area contributed by atoms with Gasteiger partial charge in [0.15, 0.2) is 29.5 Å². The zero-order valence-electron chi connectivity index (χ0n) is 18.8. The molecule has 14 heteroatoms. The van der Waals surface area contributed by atoms with Crippen molar-refractivity contribution in [3.63, 3.8) is 0 Å². The Kier molecular flexibility index (Phi) is 6.67. The number of para-hydroxylation sites is 1. The monoisotopic (exact) mass is 504 g/mol. The van der Waals surface area contributed by atoms with E-state index in [0.29, 0.717) is 23.0 Å². The summed E-state index contributed by atoms with van der Waals surface area (Å²) >= 11 is 0. The second-order valence-electron chi connectivity index (χ2n) is 8.21. The smallest absolute Gasteiger partial charge is 0.459 e. The minimum Gasteiger partial charge on any atom is -0.480 e. The van der Waals surface area contributed by atoms with Crippen LogP contribution >= 0.6 is 7.75 Å². The number of imidazole rings is 1. The van der Waals surface area contributed by atoms with Crippen LogP contribution in [0.15, 0.2) is 43.0 Å². The molecule has 2 aliphatic rings. The lowest BCUT2D eigenvalue weighted by atomic mass is 10.3. The second-order valence-corrected chi connectivity index (χ2v) is 9.90. The van der Waals surface area contributed by atoms with Crippen LogP contribution in [-0.4, -0.2) is 62.2 Å². The Hall–Kier alpha value is -3.09. The number of anilines is 1. The SMILES string of the molecule is C[C@H](NP(=O)(OC[C@@H]1OC[C@H](n2cnc3c(NC4CC4)ncnc32)O1)Oc1ccccc1)C(=O)O. The highest BCUT2D eigenvalue weighted by Crippen LogP contribution is 2.45. The molecule has 0 amide bonds. The molecule has 2 fully saturated rings. The summed E-state index contributed by atoms with van der Waals surface area (Å²) in [7, 11) is -4.08. The Morgan fingerprint density at radius 3 is 2.83 bits per heavy atom. The Morgan fingerprint density at radius 2 is 2.09 bits per heavy atom. The fourth-order valence-electron chi connectivity index (χ4n) is 3.43. The molecule has 1 saturated heterocycles. The molecule has 1 aromatic carbocycles. The van der Waals surface area contributed by atoms with Crippen molar-refractivity contribution in [1.29, 1.82) is 0 Å². The molecule has 3 heterocycles. The first-order valence-electron chi connectivity index (χ1n) is 11.1. The van der Waals surface area contributed by atoms with Gasteiger partial charge in [-0.1, -0.05) is 18.2 Å². The Balaban J connectivity index is 1.25. The third kappa shape index (κ3) is 5.60. The van der Waals surface area contributed by atoms with Crippen LogP contribution in [0.1, 0.15) is 26.0 Å². The van der Waals surface area contributed by atoms with Crippen LogP contribution in [0.2, 0.25) is 0 Å². The fraction of sp³-hybridized carbons (Fsp3) is 0.429. The highest BCUT2D eigenvalue weighted by Gasteiger charge is 2.36. The highest BCUT2D eigenvalue weighted by molar-refractivity contribution is 7.52. The van der Waals surface area contributed by atoms with Gasteiger partial charge in [-0.25, -0.2) is 19.5 Å². The summed E-state index contributed by atoms with van der Waals surface area (Å²) in [5.41, 5.74) is 1.23. The van der Waals surface area contributed by atoms with Crippen LogP contribution in [0.5, 0.6) is 5.75 Å². The number of aliphatic carboxylic acids is 1. The van der Waals surface area contributed by atoms with Gasteiger partial charge in [-0.05, 0) is 31.9 Å². The van der Waals surface area contributed by atoms with E-state index in [-0.39, 0.29) is 19.0 Å². The summed E-state index contributed by atoms with van der Waals surface area (Å²) in [6, 6.07) is 7.55. The predicted octanol–water partition coefficient (Wildman–Crippen LogP) is 2.54. The molecular weight excluding hydrogens is 479 g/mol. The van der Waals surface area contributed by atoms with Gasteiger partial charge in [0.1, 0.15) is 24.7 Å². The molecular formula is C21H25N6O7P. The molecule has 1 saturated carbocycles. The van der Waals surface area contributed by atoms with Gasteiger partial charge in [0, 0.05) is 6.04 Å². The lowest BCUT2D eigenvalue weighted by molar-refractivity contribution is -0.138. The van der Waals surface area contributed by atoms with E-state index in [1.807, 2.05) is 0 Å². The molecule has 1 unspecified atom stereocenters. The van der Waals surface area contributed by atoms with Gasteiger partial charge in [0.05, 0.1) is 12.9 Å². The molecule has 3 aromatic rings. The minimum absolute atomic E-state index is 0.178. The van der Waals surface area contributed by atoms with Crippen LogP contribution in [0.4, 0.5) is 5.82 Å². The predicted molar refractivity (Wildman–Crippen MR) is 123 cm³/mol. The van der Waals surface area contributed by atoms with Crippen molar-refractivity contribution in [3.05, 3.63) is 43.0 Å². The number of aromatic nitrogens is 4. The number of carbonyl (C=O) groups is 1. The Labute approximate surface area is 200 Å². The van der Waals surface area contributed by atoms with Crippen molar-refractivity contribution in [2.45, 2.75) is 44.4 Å². The number of nitrogens with zero attached hydrogens (tertiary/aromatic N) is 4. The minimum atomic E-state index is -4.08. The first-order valence-corrected chi connectivity index (χ1v) is 12.7. The van der Waals surface area contributed by atoms with Gasteiger partial charge in [-0.15, -0.1) is 0 Å². The van der Waals surface area contributed by atoms with Gasteiger partial charge in [0.25, 0.3) is 0 Å². The largest absolute Gasteiger partial charge is 0.480 e. The number of fused-ring (bicyclic) bond motifs is 1. The third-order valence-corrected chi connectivity index (χ3v) is 7.04. The Bertz CT molecular complexity index is 1240. The number of carboxylic acids is 1. The summed E-state index contributed by atoms with van der Waals surface area (Å²) in [5.74, 6) is -0.275. The van der Waals surface area contributed by atoms with Crippen molar-refractivity contribution < 1.29 is 33.0 Å². The number of ether oxygens (including phenoxy) is 2. The van der Waals surface area contributed by atoms with Crippen molar-refractivity contribution >= 4 is 30.7 Å². The summed E-state index contributed by atoms with van der Waals surface area (Å²) in [6.45, 7) is 1.25. The maximum absolute atomic E-state index is 13.3. The first-order chi connectivity index (χ1) is 16.9. The lowest BCUT2D eigenvalue weighted by Gasteiger charge is -2.23. The average Bonchev–Trinajstić information content (AvgIpc) is 3.35. The van der Waals surface area contributed by atoms with Crippen LogP contribution in [-0.2, 0) is 23.4 Å². The quantitative estimate of drug-likeness (QED) is 0.328. The van der Waals surface area contributed by atoms with E-state index in [1.54, 1.807) is 41.2 Å². The maximum atomic E-state index is 13.3. The zero-order chi connectivity index (χ0) is 24.4. The molecule has 1 aliphatic carbocycles. The van der Waals surface area contributed by atoms with E-state index >= 15 is 0 Å². The van der Waals surface area contributed by atoms with Crippen LogP contribution < -0.4 is 14.9 Å². The Morgan fingerprint density at radius 1 is 1.29 bits per heavy atom. The number of hydrogen-bond donors (Lipinski definition) is 3. The summed E-state index contributed by atoms with van der Waals surface area (Å²) in [4.78, 5) is 24.3. The summed E-state index contributed by atoms with van der Waals surface area (Å²) < 4.78 is 37.6. The molecule has 3 N–H and O–H groups in total. The summed E-state index contributed by atoms with van der Waals surface area (Å²) in [6.07, 6.45) is 3.86. The molecule has 4 atom stereocenters. The van der Waals surface area contributed by atoms with E-state index in [2.05, 4.69) is 25.4 Å². The molecule has 0 spiro atoms. The van der Waals surface area contributed by atoms with Crippen LogP contribution in [0.25, 0.3) is 11.2 Å². The average molecular weight is 504 g/mol. The molecule has 5 rings (SSSR count). The first kappa shape index (κ1) is 23.6. The number of nitrogens with one attached hydrogen (secondary N) is 2.